The zero-order valence-corrected chi connectivity index (χ0v) is 14.6. The molecule has 3 atom stereocenters. The number of hydrogen-bond acceptors (Lipinski definition) is 3. The molecule has 0 N–H and O–H groups in total. The van der Waals surface area contributed by atoms with Crippen LogP contribution >= 0.6 is 0 Å². The van der Waals surface area contributed by atoms with Crippen molar-refractivity contribution in [3.8, 4) is 5.75 Å². The van der Waals surface area contributed by atoms with Crippen molar-refractivity contribution in [1.29, 1.82) is 0 Å². The number of carbonyl (C=O) groups is 1. The van der Waals surface area contributed by atoms with Gasteiger partial charge in [0.2, 0.25) is 5.91 Å². The van der Waals surface area contributed by atoms with E-state index in [0.29, 0.717) is 11.8 Å². The average Bonchev–Trinajstić information content (AvgIpc) is 3.25. The van der Waals surface area contributed by atoms with E-state index in [4.69, 9.17) is 4.74 Å². The highest BCUT2D eigenvalue weighted by atomic mass is 16.5. The molecule has 3 aliphatic rings. The van der Waals surface area contributed by atoms with Crippen LogP contribution in [0.3, 0.4) is 0 Å². The van der Waals surface area contributed by atoms with Gasteiger partial charge in [0.15, 0.2) is 0 Å². The van der Waals surface area contributed by atoms with Gasteiger partial charge >= 0.3 is 0 Å². The van der Waals surface area contributed by atoms with E-state index < -0.39 is 0 Å². The lowest BCUT2D eigenvalue weighted by atomic mass is 9.86. The van der Waals surface area contributed by atoms with Crippen LogP contribution in [0.15, 0.2) is 24.3 Å². The van der Waals surface area contributed by atoms with Gasteiger partial charge in [-0.3, -0.25) is 4.79 Å². The number of amides is 1. The summed E-state index contributed by atoms with van der Waals surface area (Å²) in [5.74, 6) is 3.73. The van der Waals surface area contributed by atoms with Gasteiger partial charge in [-0.05, 0) is 61.3 Å². The summed E-state index contributed by atoms with van der Waals surface area (Å²) in [5, 5.41) is 0. The Bertz CT molecular complexity index is 578. The number of piperazine rings is 1. The number of fused-ring (bicyclic) bond motifs is 2. The van der Waals surface area contributed by atoms with E-state index in [1.54, 1.807) is 7.11 Å². The zero-order valence-electron chi connectivity index (χ0n) is 14.6. The molecule has 2 aliphatic carbocycles. The molecule has 2 bridgehead atoms. The van der Waals surface area contributed by atoms with Gasteiger partial charge in [0.1, 0.15) is 5.75 Å². The molecule has 4 heteroatoms. The third kappa shape index (κ3) is 3.11. The van der Waals surface area contributed by atoms with Crippen LogP contribution in [-0.2, 0) is 4.79 Å². The number of ether oxygens (including phenoxy) is 1. The van der Waals surface area contributed by atoms with Crippen molar-refractivity contribution < 1.29 is 9.53 Å². The molecule has 0 radical (unpaired) electrons. The highest BCUT2D eigenvalue weighted by Gasteiger charge is 2.40. The lowest BCUT2D eigenvalue weighted by molar-refractivity contribution is -0.132. The molecule has 0 unspecified atom stereocenters. The number of anilines is 1. The van der Waals surface area contributed by atoms with Crippen LogP contribution in [0, 0.1) is 17.8 Å². The van der Waals surface area contributed by atoms with Crippen LogP contribution in [0.5, 0.6) is 5.75 Å². The number of rotatable bonds is 4. The van der Waals surface area contributed by atoms with Gasteiger partial charge in [0, 0.05) is 38.3 Å². The normalized spacial score (nSPS) is 29.1. The summed E-state index contributed by atoms with van der Waals surface area (Å²) in [5.41, 5.74) is 1.22. The molecule has 24 heavy (non-hydrogen) atoms. The van der Waals surface area contributed by atoms with Gasteiger partial charge in [-0.1, -0.05) is 6.42 Å². The van der Waals surface area contributed by atoms with Gasteiger partial charge in [-0.2, -0.15) is 0 Å². The van der Waals surface area contributed by atoms with Crippen LogP contribution in [0.1, 0.15) is 32.1 Å². The second kappa shape index (κ2) is 6.66. The minimum absolute atomic E-state index is 0.391. The number of hydrogen-bond donors (Lipinski definition) is 0. The van der Waals surface area contributed by atoms with E-state index in [0.717, 1.165) is 50.2 Å². The highest BCUT2D eigenvalue weighted by molar-refractivity contribution is 5.77. The molecule has 4 rings (SSSR count). The predicted octanol–water partition coefficient (Wildman–Crippen LogP) is 3.17. The maximum Gasteiger partial charge on any atom is 0.222 e. The largest absolute Gasteiger partial charge is 0.497 e. The Balaban J connectivity index is 1.28. The summed E-state index contributed by atoms with van der Waals surface area (Å²) in [7, 11) is 1.69. The number of carbonyl (C=O) groups excluding carboxylic acids is 1. The molecule has 0 aromatic heterocycles. The lowest BCUT2D eigenvalue weighted by Gasteiger charge is -2.37. The highest BCUT2D eigenvalue weighted by Crippen LogP contribution is 2.49. The maximum atomic E-state index is 12.6. The Labute approximate surface area is 144 Å². The fourth-order valence-electron chi connectivity index (χ4n) is 4.99. The quantitative estimate of drug-likeness (QED) is 0.851. The van der Waals surface area contributed by atoms with Crippen LogP contribution in [0.2, 0.25) is 0 Å². The second-order valence-electron chi connectivity index (χ2n) is 7.70. The van der Waals surface area contributed by atoms with Crippen LogP contribution in [0.25, 0.3) is 0 Å². The Morgan fingerprint density at radius 3 is 2.42 bits per heavy atom. The topological polar surface area (TPSA) is 32.8 Å². The second-order valence-corrected chi connectivity index (χ2v) is 7.70. The van der Waals surface area contributed by atoms with Crippen molar-refractivity contribution in [2.24, 2.45) is 17.8 Å². The van der Waals surface area contributed by atoms with E-state index in [1.165, 1.54) is 31.4 Å². The molecule has 3 fully saturated rings. The Kier molecular flexibility index (Phi) is 4.38. The fourth-order valence-corrected chi connectivity index (χ4v) is 4.99. The number of nitrogens with zero attached hydrogens (tertiary/aromatic N) is 2. The van der Waals surface area contributed by atoms with Crippen molar-refractivity contribution in [3.63, 3.8) is 0 Å². The van der Waals surface area contributed by atoms with E-state index in [1.807, 2.05) is 12.1 Å². The predicted molar refractivity (Wildman–Crippen MR) is 95.3 cm³/mol. The monoisotopic (exact) mass is 328 g/mol. The third-order valence-electron chi connectivity index (χ3n) is 6.39. The molecule has 0 spiro atoms. The van der Waals surface area contributed by atoms with Gasteiger partial charge in [0.25, 0.3) is 0 Å². The van der Waals surface area contributed by atoms with E-state index in [-0.39, 0.29) is 0 Å². The molecule has 4 nitrogen and oxygen atoms in total. The molecule has 2 saturated carbocycles. The van der Waals surface area contributed by atoms with Crippen molar-refractivity contribution in [1.82, 2.24) is 4.90 Å². The fraction of sp³-hybridized carbons (Fsp3) is 0.650. The molecule has 130 valence electrons. The van der Waals surface area contributed by atoms with Crippen LogP contribution in [0.4, 0.5) is 5.69 Å². The van der Waals surface area contributed by atoms with Gasteiger partial charge in [0.05, 0.1) is 7.11 Å². The summed E-state index contributed by atoms with van der Waals surface area (Å²) in [6, 6.07) is 8.21. The van der Waals surface area contributed by atoms with Crippen molar-refractivity contribution in [2.75, 3.05) is 38.2 Å². The molecule has 1 amide bonds. The molecular formula is C20H28N2O2. The first kappa shape index (κ1) is 15.8. The van der Waals surface area contributed by atoms with Crippen molar-refractivity contribution >= 4 is 11.6 Å². The van der Waals surface area contributed by atoms with E-state index >= 15 is 0 Å². The summed E-state index contributed by atoms with van der Waals surface area (Å²) in [6.45, 7) is 3.56. The standard InChI is InChI=1S/C20H28N2O2/c1-24-19-6-4-18(5-7-19)21-8-10-22(11-9-21)20(23)14-17-13-15-2-3-16(17)12-15/h4-7,15-17H,2-3,8-14H2,1H3/t15-,16-,17-/m0/s1. The molecule has 1 aromatic rings. The SMILES string of the molecule is COc1ccc(N2CCN(C(=O)C[C@@H]3C[C@H]4CC[C@H]3C4)CC2)cc1. The number of benzene rings is 1. The average molecular weight is 328 g/mol. The Morgan fingerprint density at radius 2 is 1.83 bits per heavy atom. The van der Waals surface area contributed by atoms with Gasteiger partial charge in [-0.25, -0.2) is 0 Å². The summed E-state index contributed by atoms with van der Waals surface area (Å²) < 4.78 is 5.22. The summed E-state index contributed by atoms with van der Waals surface area (Å²) in [4.78, 5) is 17.1. The minimum atomic E-state index is 0.391. The van der Waals surface area contributed by atoms with E-state index in [2.05, 4.69) is 21.9 Å². The number of methoxy groups -OCH3 is 1. The lowest BCUT2D eigenvalue weighted by Crippen LogP contribution is -2.49. The Hall–Kier alpha value is -1.71. The first-order valence-corrected chi connectivity index (χ1v) is 9.39. The van der Waals surface area contributed by atoms with Gasteiger partial charge < -0.3 is 14.5 Å². The molecule has 1 heterocycles. The third-order valence-corrected chi connectivity index (χ3v) is 6.39. The molecular weight excluding hydrogens is 300 g/mol. The first-order valence-electron chi connectivity index (χ1n) is 9.39. The minimum Gasteiger partial charge on any atom is -0.497 e. The maximum absolute atomic E-state index is 12.6. The first-order chi connectivity index (χ1) is 11.7. The van der Waals surface area contributed by atoms with E-state index in [9.17, 15) is 4.79 Å². The molecule has 1 aliphatic heterocycles. The summed E-state index contributed by atoms with van der Waals surface area (Å²) in [6.07, 6.45) is 6.28. The smallest absolute Gasteiger partial charge is 0.222 e. The van der Waals surface area contributed by atoms with Crippen LogP contribution < -0.4 is 9.64 Å². The van der Waals surface area contributed by atoms with Crippen molar-refractivity contribution in [3.05, 3.63) is 24.3 Å². The summed E-state index contributed by atoms with van der Waals surface area (Å²) >= 11 is 0. The molecule has 1 aromatic carbocycles. The van der Waals surface area contributed by atoms with Gasteiger partial charge in [-0.15, -0.1) is 0 Å². The Morgan fingerprint density at radius 1 is 1.08 bits per heavy atom. The molecule has 1 saturated heterocycles. The van der Waals surface area contributed by atoms with Crippen molar-refractivity contribution in [2.45, 2.75) is 32.1 Å². The van der Waals surface area contributed by atoms with Crippen LogP contribution in [-0.4, -0.2) is 44.1 Å². The zero-order chi connectivity index (χ0) is 16.5.